The Morgan fingerprint density at radius 2 is 1.70 bits per heavy atom. The average molecular weight is 485 g/mol. The molecule has 27 heavy (non-hydrogen) atoms. The maximum Gasteiger partial charge on any atom is 0.193 e. The van der Waals surface area contributed by atoms with Gasteiger partial charge in [0.1, 0.15) is 0 Å². The van der Waals surface area contributed by atoms with Crippen molar-refractivity contribution >= 4 is 29.9 Å². The van der Waals surface area contributed by atoms with Gasteiger partial charge < -0.3 is 19.7 Å². The Morgan fingerprint density at radius 3 is 2.22 bits per heavy atom. The highest BCUT2D eigenvalue weighted by atomic mass is 127. The van der Waals surface area contributed by atoms with Gasteiger partial charge in [0.05, 0.1) is 14.2 Å². The van der Waals surface area contributed by atoms with Crippen molar-refractivity contribution in [1.29, 1.82) is 0 Å². The number of halogens is 1. The second kappa shape index (κ2) is 8.88. The first-order valence-corrected chi connectivity index (χ1v) is 9.92. The minimum absolute atomic E-state index is 0. The quantitative estimate of drug-likeness (QED) is 0.380. The van der Waals surface area contributed by atoms with Crippen LogP contribution in [0.2, 0.25) is 0 Å². The molecule has 0 bridgehead atoms. The van der Waals surface area contributed by atoms with E-state index in [2.05, 4.69) is 27.3 Å². The Bertz CT molecular complexity index is 674. The summed E-state index contributed by atoms with van der Waals surface area (Å²) >= 11 is 0. The molecule has 5 nitrogen and oxygen atoms in total. The number of hydrogen-bond acceptors (Lipinski definition) is 3. The van der Waals surface area contributed by atoms with E-state index in [1.165, 1.54) is 36.8 Å². The number of guanidine groups is 1. The van der Waals surface area contributed by atoms with Crippen molar-refractivity contribution in [2.75, 3.05) is 34.4 Å². The fraction of sp³-hybridized carbons (Fsp3) is 0.667. The molecule has 0 saturated heterocycles. The lowest BCUT2D eigenvalue weighted by molar-refractivity contribution is 0.341. The van der Waals surface area contributed by atoms with Crippen molar-refractivity contribution in [3.8, 4) is 11.5 Å². The zero-order valence-corrected chi connectivity index (χ0v) is 19.0. The van der Waals surface area contributed by atoms with Crippen LogP contribution in [-0.4, -0.2) is 45.2 Å². The van der Waals surface area contributed by atoms with Crippen LogP contribution in [-0.2, 0) is 13.0 Å². The largest absolute Gasteiger partial charge is 0.493 e. The number of nitrogens with one attached hydrogen (secondary N) is 1. The van der Waals surface area contributed by atoms with Gasteiger partial charge in [-0.2, -0.15) is 0 Å². The average Bonchev–Trinajstić information content (AvgIpc) is 3.57. The Morgan fingerprint density at radius 1 is 1.11 bits per heavy atom. The van der Waals surface area contributed by atoms with E-state index >= 15 is 0 Å². The minimum atomic E-state index is 0. The third kappa shape index (κ3) is 4.63. The normalized spacial score (nSPS) is 19.4. The van der Waals surface area contributed by atoms with Crippen molar-refractivity contribution < 1.29 is 9.47 Å². The predicted octanol–water partition coefficient (Wildman–Crippen LogP) is 3.69. The highest BCUT2D eigenvalue weighted by Crippen LogP contribution is 2.48. The Hall–Kier alpha value is -1.18. The molecule has 0 unspecified atom stereocenters. The standard InChI is InChI=1S/C21H31N3O2.HI/c1-22-21(23-12-18(14-4-5-14)15-6-7-15)24-9-8-16-10-19(25-2)20(26-3)11-17(16)13-24;/h10-11,14-15,18H,4-9,12-13H2,1-3H3,(H,22,23);1H. The van der Waals surface area contributed by atoms with E-state index in [0.29, 0.717) is 0 Å². The number of rotatable bonds is 6. The molecule has 2 saturated carbocycles. The topological polar surface area (TPSA) is 46.1 Å². The van der Waals surface area contributed by atoms with Crippen molar-refractivity contribution in [3.05, 3.63) is 23.3 Å². The molecule has 2 aliphatic carbocycles. The lowest BCUT2D eigenvalue weighted by Gasteiger charge is -2.33. The molecule has 0 aromatic heterocycles. The Labute approximate surface area is 179 Å². The molecule has 1 aromatic carbocycles. The molecule has 1 heterocycles. The second-order valence-electron chi connectivity index (χ2n) is 7.91. The van der Waals surface area contributed by atoms with E-state index in [1.54, 1.807) is 14.2 Å². The SMILES string of the molecule is CN=C(NCC(C1CC1)C1CC1)N1CCc2cc(OC)c(OC)cc2C1.I. The first-order chi connectivity index (χ1) is 12.7. The molecule has 0 radical (unpaired) electrons. The van der Waals surface area contributed by atoms with Gasteiger partial charge in [-0.25, -0.2) is 0 Å². The zero-order chi connectivity index (χ0) is 18.1. The Kier molecular flexibility index (Phi) is 6.76. The molecule has 1 aliphatic heterocycles. The smallest absolute Gasteiger partial charge is 0.193 e. The molecule has 0 spiro atoms. The maximum absolute atomic E-state index is 5.48. The van der Waals surface area contributed by atoms with E-state index in [9.17, 15) is 0 Å². The van der Waals surface area contributed by atoms with Crippen molar-refractivity contribution in [1.82, 2.24) is 10.2 Å². The van der Waals surface area contributed by atoms with Crippen LogP contribution >= 0.6 is 24.0 Å². The predicted molar refractivity (Wildman–Crippen MR) is 119 cm³/mol. The zero-order valence-electron chi connectivity index (χ0n) is 16.7. The van der Waals surface area contributed by atoms with Crippen LogP contribution in [0.1, 0.15) is 36.8 Å². The number of fused-ring (bicyclic) bond motifs is 1. The number of aliphatic imine (C=N–C) groups is 1. The number of benzene rings is 1. The van der Waals surface area contributed by atoms with E-state index < -0.39 is 0 Å². The fourth-order valence-electron chi connectivity index (χ4n) is 4.37. The minimum Gasteiger partial charge on any atom is -0.493 e. The lowest BCUT2D eigenvalue weighted by atomic mass is 9.97. The molecule has 1 aromatic rings. The van der Waals surface area contributed by atoms with E-state index in [-0.39, 0.29) is 24.0 Å². The second-order valence-corrected chi connectivity index (χ2v) is 7.91. The van der Waals surface area contributed by atoms with E-state index in [4.69, 9.17) is 9.47 Å². The summed E-state index contributed by atoms with van der Waals surface area (Å²) in [7, 11) is 5.29. The molecule has 6 heteroatoms. The number of ether oxygens (including phenoxy) is 2. The van der Waals surface area contributed by atoms with E-state index in [0.717, 1.165) is 61.3 Å². The van der Waals surface area contributed by atoms with Crippen LogP contribution in [0.3, 0.4) is 0 Å². The summed E-state index contributed by atoms with van der Waals surface area (Å²) in [4.78, 5) is 6.93. The molecular formula is C21H32IN3O2. The van der Waals surface area contributed by atoms with Crippen molar-refractivity contribution in [3.63, 3.8) is 0 Å². The first-order valence-electron chi connectivity index (χ1n) is 9.92. The molecule has 1 N–H and O–H groups in total. The van der Waals surface area contributed by atoms with Gasteiger partial charge in [-0.05, 0) is 73.1 Å². The highest BCUT2D eigenvalue weighted by molar-refractivity contribution is 14.0. The van der Waals surface area contributed by atoms with Gasteiger partial charge in [0.25, 0.3) is 0 Å². The molecule has 4 rings (SSSR count). The molecule has 0 amide bonds. The van der Waals surface area contributed by atoms with Crippen LogP contribution in [0.15, 0.2) is 17.1 Å². The van der Waals surface area contributed by atoms with Gasteiger partial charge in [0.15, 0.2) is 17.5 Å². The number of hydrogen-bond donors (Lipinski definition) is 1. The molecular weight excluding hydrogens is 453 g/mol. The van der Waals surface area contributed by atoms with Crippen LogP contribution in [0.25, 0.3) is 0 Å². The molecule has 0 atom stereocenters. The number of methoxy groups -OCH3 is 2. The molecule has 2 fully saturated rings. The molecule has 3 aliphatic rings. The van der Waals surface area contributed by atoms with Gasteiger partial charge in [-0.15, -0.1) is 24.0 Å². The summed E-state index contributed by atoms with van der Waals surface area (Å²) in [6, 6.07) is 4.24. The summed E-state index contributed by atoms with van der Waals surface area (Å²) in [5, 5.41) is 3.68. The van der Waals surface area contributed by atoms with Crippen molar-refractivity contribution in [2.45, 2.75) is 38.6 Å². The highest BCUT2D eigenvalue weighted by Gasteiger charge is 2.41. The van der Waals surface area contributed by atoms with Gasteiger partial charge in [-0.1, -0.05) is 0 Å². The van der Waals surface area contributed by atoms with E-state index in [1.807, 2.05) is 7.05 Å². The van der Waals surface area contributed by atoms with Crippen LogP contribution in [0.4, 0.5) is 0 Å². The summed E-state index contributed by atoms with van der Waals surface area (Å²) in [6.45, 7) is 2.93. The lowest BCUT2D eigenvalue weighted by Crippen LogP contribution is -2.45. The summed E-state index contributed by atoms with van der Waals surface area (Å²) in [5.74, 6) is 5.45. The number of nitrogens with zero attached hydrogens (tertiary/aromatic N) is 2. The summed E-state index contributed by atoms with van der Waals surface area (Å²) in [5.41, 5.74) is 2.65. The third-order valence-electron chi connectivity index (χ3n) is 6.18. The maximum atomic E-state index is 5.48. The fourth-order valence-corrected chi connectivity index (χ4v) is 4.37. The van der Waals surface area contributed by atoms with Crippen LogP contribution in [0, 0.1) is 17.8 Å². The molecule has 150 valence electrons. The monoisotopic (exact) mass is 485 g/mol. The van der Waals surface area contributed by atoms with Gasteiger partial charge >= 0.3 is 0 Å². The van der Waals surface area contributed by atoms with Gasteiger partial charge in [0, 0.05) is 26.7 Å². The third-order valence-corrected chi connectivity index (χ3v) is 6.18. The van der Waals surface area contributed by atoms with Crippen LogP contribution < -0.4 is 14.8 Å². The van der Waals surface area contributed by atoms with Gasteiger partial charge in [0.2, 0.25) is 0 Å². The van der Waals surface area contributed by atoms with Gasteiger partial charge in [-0.3, -0.25) is 4.99 Å². The first kappa shape index (κ1) is 20.6. The summed E-state index contributed by atoms with van der Waals surface area (Å²) < 4.78 is 10.9. The Balaban J connectivity index is 0.00000210. The van der Waals surface area contributed by atoms with Crippen molar-refractivity contribution in [2.24, 2.45) is 22.7 Å². The summed E-state index contributed by atoms with van der Waals surface area (Å²) in [6.07, 6.45) is 6.73. The van der Waals surface area contributed by atoms with Crippen LogP contribution in [0.5, 0.6) is 11.5 Å².